The lowest BCUT2D eigenvalue weighted by atomic mass is 9.80. The van der Waals surface area contributed by atoms with E-state index in [2.05, 4.69) is 29.8 Å². The van der Waals surface area contributed by atoms with Crippen LogP contribution in [0.5, 0.6) is 0 Å². The van der Waals surface area contributed by atoms with Gasteiger partial charge in [0.1, 0.15) is 12.1 Å². The van der Waals surface area contributed by atoms with Gasteiger partial charge in [-0.3, -0.25) is 19.2 Å². The summed E-state index contributed by atoms with van der Waals surface area (Å²) >= 11 is 0. The first kappa shape index (κ1) is 28.9. The van der Waals surface area contributed by atoms with Gasteiger partial charge in [-0.1, -0.05) is 53.9 Å². The second-order valence-corrected chi connectivity index (χ2v) is 13.9. The maximum atomic E-state index is 13.9. The van der Waals surface area contributed by atoms with Crippen LogP contribution in [0.4, 0.5) is 4.79 Å². The van der Waals surface area contributed by atoms with E-state index in [1.807, 2.05) is 41.5 Å². The Morgan fingerprint density at radius 1 is 1.00 bits per heavy atom. The first-order valence-corrected chi connectivity index (χ1v) is 13.4. The molecule has 0 spiro atoms. The summed E-state index contributed by atoms with van der Waals surface area (Å²) in [5.41, 5.74) is 4.04. The van der Waals surface area contributed by atoms with Crippen molar-refractivity contribution in [3.05, 3.63) is 0 Å². The van der Waals surface area contributed by atoms with E-state index in [-0.39, 0.29) is 29.1 Å². The molecular weight excluding hydrogens is 474 g/mol. The van der Waals surface area contributed by atoms with Crippen molar-refractivity contribution in [2.75, 3.05) is 6.54 Å². The van der Waals surface area contributed by atoms with E-state index in [0.717, 1.165) is 19.3 Å². The van der Waals surface area contributed by atoms with E-state index >= 15 is 0 Å². The van der Waals surface area contributed by atoms with E-state index in [9.17, 15) is 24.0 Å². The van der Waals surface area contributed by atoms with Crippen molar-refractivity contribution in [1.82, 2.24) is 20.9 Å². The predicted octanol–water partition coefficient (Wildman–Crippen LogP) is 1.71. The molecule has 3 fully saturated rings. The number of hydrogen-bond acceptors (Lipinski definition) is 5. The number of rotatable bonds is 8. The van der Waals surface area contributed by atoms with Crippen LogP contribution < -0.4 is 21.7 Å². The summed E-state index contributed by atoms with van der Waals surface area (Å²) in [4.78, 5) is 66.1. The summed E-state index contributed by atoms with van der Waals surface area (Å²) in [5, 5.41) is 8.44. The third-order valence-corrected chi connectivity index (χ3v) is 8.31. The van der Waals surface area contributed by atoms with Crippen molar-refractivity contribution in [3.63, 3.8) is 0 Å². The molecule has 1 saturated heterocycles. The second kappa shape index (κ2) is 9.91. The van der Waals surface area contributed by atoms with Gasteiger partial charge < -0.3 is 26.6 Å². The molecule has 0 aromatic carbocycles. The SMILES string of the molecule is CC(C)(C)NC(=O)N[C@H](C(=O)N1C[C@H]2[C@@H](C1C(=O)NC(CC1CCC1)C(=O)C(N)=O)C2(C)C)C(C)(C)C. The first-order valence-electron chi connectivity index (χ1n) is 13.4. The molecule has 2 saturated carbocycles. The van der Waals surface area contributed by atoms with Crippen LogP contribution in [-0.4, -0.2) is 64.6 Å². The highest BCUT2D eigenvalue weighted by Crippen LogP contribution is 2.65. The Labute approximate surface area is 220 Å². The molecule has 5 atom stereocenters. The summed E-state index contributed by atoms with van der Waals surface area (Å²) in [6.45, 7) is 15.7. The smallest absolute Gasteiger partial charge is 0.315 e. The predicted molar refractivity (Wildman–Crippen MR) is 139 cm³/mol. The minimum absolute atomic E-state index is 0.0755. The number of ketones is 1. The van der Waals surface area contributed by atoms with E-state index in [1.165, 1.54) is 0 Å². The number of primary amides is 1. The van der Waals surface area contributed by atoms with Crippen LogP contribution in [0, 0.1) is 28.6 Å². The van der Waals surface area contributed by atoms with Crippen molar-refractivity contribution in [3.8, 4) is 0 Å². The van der Waals surface area contributed by atoms with E-state index < -0.39 is 52.7 Å². The molecule has 3 aliphatic rings. The van der Waals surface area contributed by atoms with Gasteiger partial charge in [-0.15, -0.1) is 0 Å². The Morgan fingerprint density at radius 2 is 1.59 bits per heavy atom. The van der Waals surface area contributed by atoms with Gasteiger partial charge in [-0.05, 0) is 55.8 Å². The number of nitrogens with two attached hydrogens (primary N) is 1. The highest BCUT2D eigenvalue weighted by molar-refractivity contribution is 6.37. The van der Waals surface area contributed by atoms with Crippen LogP contribution in [0.25, 0.3) is 0 Å². The monoisotopic (exact) mass is 519 g/mol. The third-order valence-electron chi connectivity index (χ3n) is 8.31. The van der Waals surface area contributed by atoms with Gasteiger partial charge >= 0.3 is 6.03 Å². The summed E-state index contributed by atoms with van der Waals surface area (Å²) in [7, 11) is 0. The molecule has 0 aromatic rings. The molecule has 5 amide bonds. The maximum absolute atomic E-state index is 13.9. The number of hydrogen-bond donors (Lipinski definition) is 4. The number of likely N-dealkylation sites (tertiary alicyclic amines) is 1. The molecule has 37 heavy (non-hydrogen) atoms. The highest BCUT2D eigenvalue weighted by Gasteiger charge is 2.70. The van der Waals surface area contributed by atoms with Crippen molar-refractivity contribution >= 4 is 29.5 Å². The number of urea groups is 1. The zero-order valence-corrected chi connectivity index (χ0v) is 23.6. The average molecular weight is 520 g/mol. The zero-order valence-electron chi connectivity index (χ0n) is 23.6. The molecule has 208 valence electrons. The van der Waals surface area contributed by atoms with Gasteiger partial charge in [0.15, 0.2) is 0 Å². The molecule has 2 unspecified atom stereocenters. The summed E-state index contributed by atoms with van der Waals surface area (Å²) in [6, 6.07) is -3.13. The minimum atomic E-state index is -1.07. The fourth-order valence-corrected chi connectivity index (χ4v) is 5.86. The Balaban J connectivity index is 1.83. The van der Waals surface area contributed by atoms with Gasteiger partial charge in [0.05, 0.1) is 6.04 Å². The molecule has 0 bridgehead atoms. The van der Waals surface area contributed by atoms with E-state index in [1.54, 1.807) is 4.90 Å². The van der Waals surface area contributed by atoms with Gasteiger partial charge in [0.2, 0.25) is 17.6 Å². The summed E-state index contributed by atoms with van der Waals surface area (Å²) < 4.78 is 0. The van der Waals surface area contributed by atoms with Crippen LogP contribution in [0.2, 0.25) is 0 Å². The lowest BCUT2D eigenvalue weighted by Gasteiger charge is -2.38. The van der Waals surface area contributed by atoms with Crippen molar-refractivity contribution in [1.29, 1.82) is 0 Å². The fourth-order valence-electron chi connectivity index (χ4n) is 5.86. The number of nitrogens with zero attached hydrogens (tertiary/aromatic N) is 1. The Morgan fingerprint density at radius 3 is 2.05 bits per heavy atom. The van der Waals surface area contributed by atoms with Crippen LogP contribution in [0.3, 0.4) is 0 Å². The minimum Gasteiger partial charge on any atom is -0.363 e. The molecule has 2 aliphatic carbocycles. The molecule has 0 radical (unpaired) electrons. The molecule has 10 nitrogen and oxygen atoms in total. The Kier molecular flexibility index (Phi) is 7.74. The third kappa shape index (κ3) is 6.26. The number of amides is 5. The van der Waals surface area contributed by atoms with Gasteiger partial charge in [-0.2, -0.15) is 0 Å². The van der Waals surface area contributed by atoms with Crippen LogP contribution in [0.15, 0.2) is 0 Å². The van der Waals surface area contributed by atoms with Gasteiger partial charge in [0, 0.05) is 12.1 Å². The fraction of sp³-hybridized carbons (Fsp3) is 0.815. The molecule has 3 rings (SSSR count). The number of piperidine rings is 1. The summed E-state index contributed by atoms with van der Waals surface area (Å²) in [5.74, 6) is -2.35. The second-order valence-electron chi connectivity index (χ2n) is 13.9. The number of carbonyl (C=O) groups is 5. The average Bonchev–Trinajstić information content (AvgIpc) is 3.06. The highest BCUT2D eigenvalue weighted by atomic mass is 16.2. The maximum Gasteiger partial charge on any atom is 0.315 e. The number of Topliss-reactive ketones (excluding diaryl/α,β-unsaturated/α-hetero) is 1. The molecule has 0 aromatic heterocycles. The molecule has 1 aliphatic heterocycles. The summed E-state index contributed by atoms with van der Waals surface area (Å²) in [6.07, 6.45) is 3.31. The lowest BCUT2D eigenvalue weighted by molar-refractivity contribution is -0.145. The molecule has 10 heteroatoms. The van der Waals surface area contributed by atoms with Crippen molar-refractivity contribution in [2.45, 2.75) is 105 Å². The lowest BCUT2D eigenvalue weighted by Crippen LogP contribution is -2.62. The normalized spacial score (nSPS) is 26.3. The van der Waals surface area contributed by atoms with E-state index in [0.29, 0.717) is 13.0 Å². The largest absolute Gasteiger partial charge is 0.363 e. The number of nitrogens with one attached hydrogen (secondary N) is 3. The molecular formula is C27H45N5O5. The molecule has 1 heterocycles. The van der Waals surface area contributed by atoms with Crippen LogP contribution in [0.1, 0.15) is 81.1 Å². The first-order chi connectivity index (χ1) is 16.8. The van der Waals surface area contributed by atoms with Crippen molar-refractivity contribution in [2.24, 2.45) is 34.3 Å². The molecule has 5 N–H and O–H groups in total. The quantitative estimate of drug-likeness (QED) is 0.360. The van der Waals surface area contributed by atoms with Crippen LogP contribution in [-0.2, 0) is 19.2 Å². The Hall–Kier alpha value is -2.65. The number of carbonyl (C=O) groups excluding carboxylic acids is 5. The van der Waals surface area contributed by atoms with Gasteiger partial charge in [-0.25, -0.2) is 4.79 Å². The van der Waals surface area contributed by atoms with Crippen molar-refractivity contribution < 1.29 is 24.0 Å². The van der Waals surface area contributed by atoms with Gasteiger partial charge in [0.25, 0.3) is 5.91 Å². The topological polar surface area (TPSA) is 151 Å². The van der Waals surface area contributed by atoms with E-state index in [4.69, 9.17) is 5.73 Å². The zero-order chi connectivity index (χ0) is 28.1. The number of fused-ring (bicyclic) bond motifs is 1. The Bertz CT molecular complexity index is 959. The van der Waals surface area contributed by atoms with Crippen LogP contribution >= 0.6 is 0 Å². The standard InChI is InChI=1S/C27H45N5O5/c1-25(2,3)20(30-24(37)31-26(4,5)6)23(36)32-13-15-17(27(15,7)8)18(32)22(35)29-16(19(33)21(28)34)12-14-10-9-11-14/h14-18,20H,9-13H2,1-8H3,(H2,28,34)(H,29,35)(H2,30,31,37)/t15-,16?,17-,18?,20+/m0/s1.